The number of ether oxygens (including phenoxy) is 3. The standard InChI is InChI=1S/C29H23F4NO6/c1-2-37-28(36)18-5-9-20(10-6-18)39-26-24(35)21-11-12-23-22(25(21)40-27(26)29(31,32)33)15-34(16-38-23)14-13-17-3-7-19(30)8-4-17/h3-12H,2,13-16H2,1H3. The zero-order chi connectivity index (χ0) is 28.4. The molecule has 2 heterocycles. The van der Waals surface area contributed by atoms with Crippen LogP contribution in [-0.4, -0.2) is 30.8 Å². The van der Waals surface area contributed by atoms with E-state index in [1.807, 2.05) is 4.90 Å². The van der Waals surface area contributed by atoms with Gasteiger partial charge in [0.05, 0.1) is 23.1 Å². The average molecular weight is 557 g/mol. The predicted octanol–water partition coefficient (Wildman–Crippen LogP) is 6.31. The summed E-state index contributed by atoms with van der Waals surface area (Å²) < 4.78 is 76.9. The molecule has 0 atom stereocenters. The first-order chi connectivity index (χ1) is 19.1. The zero-order valence-electron chi connectivity index (χ0n) is 21.2. The third-order valence-electron chi connectivity index (χ3n) is 6.34. The highest BCUT2D eigenvalue weighted by molar-refractivity contribution is 5.89. The Morgan fingerprint density at radius 1 is 1.02 bits per heavy atom. The van der Waals surface area contributed by atoms with Gasteiger partial charge in [0.2, 0.25) is 11.2 Å². The van der Waals surface area contributed by atoms with Crippen molar-refractivity contribution in [3.8, 4) is 17.2 Å². The Kier molecular flexibility index (Phi) is 7.49. The Hall–Kier alpha value is -4.38. The third-order valence-corrected chi connectivity index (χ3v) is 6.34. The lowest BCUT2D eigenvalue weighted by molar-refractivity contribution is -0.154. The quantitative estimate of drug-likeness (QED) is 0.195. The van der Waals surface area contributed by atoms with Gasteiger partial charge in [-0.3, -0.25) is 9.69 Å². The van der Waals surface area contributed by atoms with Crippen molar-refractivity contribution in [3.05, 3.63) is 99.2 Å². The van der Waals surface area contributed by atoms with E-state index in [0.29, 0.717) is 24.3 Å². The number of alkyl halides is 3. The van der Waals surface area contributed by atoms with Crippen molar-refractivity contribution < 1.29 is 41.0 Å². The molecule has 11 heteroatoms. The first kappa shape index (κ1) is 27.2. The number of fused-ring (bicyclic) bond motifs is 3. The minimum atomic E-state index is -5.05. The van der Waals surface area contributed by atoms with E-state index in [-0.39, 0.29) is 48.0 Å². The summed E-state index contributed by atoms with van der Waals surface area (Å²) in [6, 6.07) is 14.0. The second-order valence-electron chi connectivity index (χ2n) is 9.06. The van der Waals surface area contributed by atoms with Crippen molar-refractivity contribution >= 4 is 16.9 Å². The van der Waals surface area contributed by atoms with E-state index < -0.39 is 29.1 Å². The lowest BCUT2D eigenvalue weighted by atomic mass is 10.1. The van der Waals surface area contributed by atoms with Gasteiger partial charge in [-0.15, -0.1) is 0 Å². The van der Waals surface area contributed by atoms with E-state index >= 15 is 0 Å². The van der Waals surface area contributed by atoms with Crippen LogP contribution in [0.2, 0.25) is 0 Å². The van der Waals surface area contributed by atoms with Crippen molar-refractivity contribution in [2.45, 2.75) is 26.1 Å². The van der Waals surface area contributed by atoms with E-state index in [4.69, 9.17) is 18.6 Å². The van der Waals surface area contributed by atoms with Crippen molar-refractivity contribution in [1.29, 1.82) is 0 Å². The highest BCUT2D eigenvalue weighted by atomic mass is 19.4. The average Bonchev–Trinajstić information content (AvgIpc) is 2.93. The van der Waals surface area contributed by atoms with Gasteiger partial charge in [0.15, 0.2) is 0 Å². The molecule has 7 nitrogen and oxygen atoms in total. The summed E-state index contributed by atoms with van der Waals surface area (Å²) in [7, 11) is 0. The van der Waals surface area contributed by atoms with E-state index in [0.717, 1.165) is 5.56 Å². The summed E-state index contributed by atoms with van der Waals surface area (Å²) in [5.74, 6) is -3.35. The van der Waals surface area contributed by atoms with Crippen LogP contribution in [0, 0.1) is 5.82 Å². The molecule has 208 valence electrons. The Morgan fingerprint density at radius 2 is 1.75 bits per heavy atom. The fourth-order valence-electron chi connectivity index (χ4n) is 4.35. The second kappa shape index (κ2) is 11.0. The molecule has 0 saturated carbocycles. The largest absolute Gasteiger partial charge is 0.478 e. The fourth-order valence-corrected chi connectivity index (χ4v) is 4.35. The minimum Gasteiger partial charge on any atom is -0.478 e. The number of esters is 1. The predicted molar refractivity (Wildman–Crippen MR) is 136 cm³/mol. The summed E-state index contributed by atoms with van der Waals surface area (Å²) in [4.78, 5) is 27.0. The topological polar surface area (TPSA) is 78.2 Å². The molecule has 0 saturated heterocycles. The van der Waals surface area contributed by atoms with E-state index in [1.54, 1.807) is 19.1 Å². The fraction of sp³-hybridized carbons (Fsp3) is 0.241. The van der Waals surface area contributed by atoms with Crippen LogP contribution in [0.5, 0.6) is 17.2 Å². The molecule has 3 aromatic carbocycles. The Morgan fingerprint density at radius 3 is 2.42 bits per heavy atom. The van der Waals surface area contributed by atoms with Gasteiger partial charge < -0.3 is 18.6 Å². The van der Waals surface area contributed by atoms with E-state index in [9.17, 15) is 27.2 Å². The van der Waals surface area contributed by atoms with Gasteiger partial charge >= 0.3 is 12.1 Å². The summed E-state index contributed by atoms with van der Waals surface area (Å²) in [5.41, 5.74) is 0.107. The molecule has 5 rings (SSSR count). The van der Waals surface area contributed by atoms with Crippen LogP contribution < -0.4 is 14.9 Å². The molecule has 1 aliphatic heterocycles. The van der Waals surface area contributed by atoms with Crippen LogP contribution in [0.15, 0.2) is 69.9 Å². The minimum absolute atomic E-state index is 0.0986. The number of nitrogens with zero attached hydrogens (tertiary/aromatic N) is 1. The molecular formula is C29H23F4NO6. The van der Waals surface area contributed by atoms with Crippen LogP contribution in [0.3, 0.4) is 0 Å². The van der Waals surface area contributed by atoms with Gasteiger partial charge in [-0.05, 0) is 67.4 Å². The van der Waals surface area contributed by atoms with Gasteiger partial charge in [0.1, 0.15) is 29.6 Å². The maximum atomic E-state index is 14.1. The first-order valence-electron chi connectivity index (χ1n) is 12.4. The van der Waals surface area contributed by atoms with Crippen LogP contribution in [0.1, 0.15) is 34.2 Å². The monoisotopic (exact) mass is 557 g/mol. The Bertz CT molecular complexity index is 1600. The van der Waals surface area contributed by atoms with Crippen molar-refractivity contribution in [2.75, 3.05) is 19.9 Å². The van der Waals surface area contributed by atoms with Crippen molar-refractivity contribution in [3.63, 3.8) is 0 Å². The number of carbonyl (C=O) groups is 1. The van der Waals surface area contributed by atoms with Crippen LogP contribution in [-0.2, 0) is 23.9 Å². The molecule has 1 aliphatic rings. The van der Waals surface area contributed by atoms with Crippen molar-refractivity contribution in [2.24, 2.45) is 0 Å². The van der Waals surface area contributed by atoms with Crippen LogP contribution >= 0.6 is 0 Å². The summed E-state index contributed by atoms with van der Waals surface area (Å²) in [6.45, 7) is 2.62. The molecule has 0 amide bonds. The lowest BCUT2D eigenvalue weighted by Crippen LogP contribution is -2.34. The molecule has 1 aromatic heterocycles. The van der Waals surface area contributed by atoms with Gasteiger partial charge in [-0.25, -0.2) is 9.18 Å². The number of carbonyl (C=O) groups excluding carboxylic acids is 1. The number of hydrogen-bond donors (Lipinski definition) is 0. The summed E-state index contributed by atoms with van der Waals surface area (Å²) in [5, 5.41) is -0.103. The highest BCUT2D eigenvalue weighted by Gasteiger charge is 2.41. The highest BCUT2D eigenvalue weighted by Crippen LogP contribution is 2.41. The molecular weight excluding hydrogens is 534 g/mol. The molecule has 40 heavy (non-hydrogen) atoms. The Labute approximate surface area is 225 Å². The number of halogens is 4. The van der Waals surface area contributed by atoms with Crippen LogP contribution in [0.25, 0.3) is 11.0 Å². The number of rotatable bonds is 7. The summed E-state index contributed by atoms with van der Waals surface area (Å²) >= 11 is 0. The van der Waals surface area contributed by atoms with E-state index in [1.165, 1.54) is 48.5 Å². The van der Waals surface area contributed by atoms with Crippen LogP contribution in [0.4, 0.5) is 17.6 Å². The third kappa shape index (κ3) is 5.64. The molecule has 0 fully saturated rings. The number of hydrogen-bond acceptors (Lipinski definition) is 7. The molecule has 4 aromatic rings. The number of benzene rings is 3. The normalized spacial score (nSPS) is 13.5. The summed E-state index contributed by atoms with van der Waals surface area (Å²) in [6.07, 6.45) is -4.50. The molecule has 0 radical (unpaired) electrons. The zero-order valence-corrected chi connectivity index (χ0v) is 21.2. The maximum Gasteiger partial charge on any atom is 0.453 e. The molecule has 0 bridgehead atoms. The van der Waals surface area contributed by atoms with Gasteiger partial charge in [-0.2, -0.15) is 13.2 Å². The lowest BCUT2D eigenvalue weighted by Gasteiger charge is -2.29. The van der Waals surface area contributed by atoms with Gasteiger partial charge in [0, 0.05) is 13.1 Å². The molecule has 0 aliphatic carbocycles. The smallest absolute Gasteiger partial charge is 0.453 e. The second-order valence-corrected chi connectivity index (χ2v) is 9.06. The van der Waals surface area contributed by atoms with Gasteiger partial charge in [-0.1, -0.05) is 12.1 Å². The molecule has 0 N–H and O–H groups in total. The molecule has 0 unspecified atom stereocenters. The van der Waals surface area contributed by atoms with Gasteiger partial charge in [0.25, 0.3) is 5.76 Å². The van der Waals surface area contributed by atoms with E-state index in [2.05, 4.69) is 0 Å². The maximum absolute atomic E-state index is 14.1. The van der Waals surface area contributed by atoms with Crippen molar-refractivity contribution in [1.82, 2.24) is 4.90 Å². The Balaban J connectivity index is 1.47. The SMILES string of the molecule is CCOC(=O)c1ccc(Oc2c(C(F)(F)F)oc3c4c(ccc3c2=O)OCN(CCc2ccc(F)cc2)C4)cc1. The molecule has 0 spiro atoms. The first-order valence-corrected chi connectivity index (χ1v) is 12.4.